The van der Waals surface area contributed by atoms with Gasteiger partial charge >= 0.3 is 0 Å². The number of nitrogens with zero attached hydrogens (tertiary/aromatic N) is 1. The smallest absolute Gasteiger partial charge is 0.243 e. The molecule has 29 heavy (non-hydrogen) atoms. The summed E-state index contributed by atoms with van der Waals surface area (Å²) in [5.74, 6) is -0.571. The fourth-order valence-corrected chi connectivity index (χ4v) is 4.16. The van der Waals surface area contributed by atoms with Crippen LogP contribution < -0.4 is 5.48 Å². The Labute approximate surface area is 170 Å². The van der Waals surface area contributed by atoms with E-state index in [-0.39, 0.29) is 18.7 Å². The predicted octanol–water partition coefficient (Wildman–Crippen LogP) is 3.88. The lowest BCUT2D eigenvalue weighted by molar-refractivity contribution is -0.136. The standard InChI is InChI=1S/C24H24N2O3/c27-22(25-29)11-12-23(28)26-15-13-19(14-16-26)24-20-7-3-1-5-17(20)9-10-18-6-2-4-8-21(18)24/h1-10,29H,11-16H2,(H,25,27). The number of rotatable bonds is 3. The molecule has 1 aliphatic heterocycles. The number of carbonyl (C=O) groups excluding carboxylic acids is 2. The summed E-state index contributed by atoms with van der Waals surface area (Å²) in [7, 11) is 0. The second kappa shape index (κ2) is 8.45. The summed E-state index contributed by atoms with van der Waals surface area (Å²) in [6.45, 7) is 1.30. The summed E-state index contributed by atoms with van der Waals surface area (Å²) >= 11 is 0. The zero-order valence-electron chi connectivity index (χ0n) is 16.2. The van der Waals surface area contributed by atoms with Crippen LogP contribution in [0.3, 0.4) is 0 Å². The van der Waals surface area contributed by atoms with Crippen molar-refractivity contribution in [1.82, 2.24) is 10.4 Å². The van der Waals surface area contributed by atoms with Crippen LogP contribution in [0.25, 0.3) is 17.7 Å². The van der Waals surface area contributed by atoms with Crippen molar-refractivity contribution in [2.24, 2.45) is 0 Å². The SMILES string of the molecule is O=C(CCC(=O)N1CCC(=C2c3ccccc3C=Cc3ccccc32)CC1)NO. The Bertz CT molecular complexity index is 945. The maximum absolute atomic E-state index is 12.4. The van der Waals surface area contributed by atoms with Gasteiger partial charge in [0.15, 0.2) is 0 Å². The molecule has 0 saturated carbocycles. The van der Waals surface area contributed by atoms with Gasteiger partial charge in [-0.2, -0.15) is 0 Å². The molecule has 0 radical (unpaired) electrons. The molecule has 2 N–H and O–H groups in total. The number of carbonyl (C=O) groups is 2. The van der Waals surface area contributed by atoms with Gasteiger partial charge in [-0.15, -0.1) is 0 Å². The number of piperidine rings is 1. The maximum atomic E-state index is 12.4. The van der Waals surface area contributed by atoms with E-state index in [2.05, 4.69) is 60.7 Å². The van der Waals surface area contributed by atoms with E-state index in [1.807, 2.05) is 4.90 Å². The van der Waals surface area contributed by atoms with Crippen molar-refractivity contribution < 1.29 is 14.8 Å². The van der Waals surface area contributed by atoms with Gasteiger partial charge in [-0.1, -0.05) is 66.3 Å². The lowest BCUT2D eigenvalue weighted by atomic mass is 9.86. The molecule has 2 aromatic carbocycles. The van der Waals surface area contributed by atoms with Crippen LogP contribution in [0, 0.1) is 0 Å². The van der Waals surface area contributed by atoms with Crippen molar-refractivity contribution in [3.63, 3.8) is 0 Å². The highest BCUT2D eigenvalue weighted by Crippen LogP contribution is 2.38. The average Bonchev–Trinajstić information content (AvgIpc) is 2.94. The molecule has 1 heterocycles. The molecule has 0 aromatic heterocycles. The topological polar surface area (TPSA) is 69.6 Å². The third-order valence-corrected chi connectivity index (χ3v) is 5.67. The van der Waals surface area contributed by atoms with Crippen LogP contribution in [0.1, 0.15) is 47.9 Å². The fourth-order valence-electron chi connectivity index (χ4n) is 4.16. The van der Waals surface area contributed by atoms with Crippen LogP contribution >= 0.6 is 0 Å². The highest BCUT2D eigenvalue weighted by atomic mass is 16.5. The van der Waals surface area contributed by atoms with Crippen molar-refractivity contribution in [2.45, 2.75) is 25.7 Å². The zero-order chi connectivity index (χ0) is 20.2. The van der Waals surface area contributed by atoms with Crippen molar-refractivity contribution >= 4 is 29.5 Å². The van der Waals surface area contributed by atoms with E-state index in [0.717, 1.165) is 12.8 Å². The number of hydrogen-bond donors (Lipinski definition) is 2. The van der Waals surface area contributed by atoms with Gasteiger partial charge in [0.25, 0.3) is 0 Å². The van der Waals surface area contributed by atoms with Gasteiger partial charge in [0.2, 0.25) is 11.8 Å². The van der Waals surface area contributed by atoms with Crippen LogP contribution in [0.2, 0.25) is 0 Å². The Morgan fingerprint density at radius 1 is 0.862 bits per heavy atom. The normalized spacial score (nSPS) is 15.4. The highest BCUT2D eigenvalue weighted by molar-refractivity contribution is 5.95. The van der Waals surface area contributed by atoms with Crippen molar-refractivity contribution in [3.8, 4) is 0 Å². The lowest BCUT2D eigenvalue weighted by Crippen LogP contribution is -2.37. The number of benzene rings is 2. The van der Waals surface area contributed by atoms with Gasteiger partial charge in [0.05, 0.1) is 0 Å². The second-order valence-electron chi connectivity index (χ2n) is 7.40. The molecule has 2 aliphatic rings. The maximum Gasteiger partial charge on any atom is 0.243 e. The summed E-state index contributed by atoms with van der Waals surface area (Å²) in [6.07, 6.45) is 6.10. The van der Waals surface area contributed by atoms with E-state index < -0.39 is 5.91 Å². The van der Waals surface area contributed by atoms with Gasteiger partial charge in [0, 0.05) is 25.9 Å². The van der Waals surface area contributed by atoms with Crippen LogP contribution in [-0.4, -0.2) is 35.0 Å². The molecule has 1 fully saturated rings. The van der Waals surface area contributed by atoms with Crippen molar-refractivity contribution in [3.05, 3.63) is 76.4 Å². The summed E-state index contributed by atoms with van der Waals surface area (Å²) in [4.78, 5) is 25.4. The first-order chi connectivity index (χ1) is 14.2. The first kappa shape index (κ1) is 19.2. The molecule has 0 bridgehead atoms. The molecule has 0 spiro atoms. The van der Waals surface area contributed by atoms with Gasteiger partial charge in [-0.25, -0.2) is 5.48 Å². The predicted molar refractivity (Wildman–Crippen MR) is 113 cm³/mol. The van der Waals surface area contributed by atoms with E-state index >= 15 is 0 Å². The Morgan fingerprint density at radius 3 is 1.97 bits per heavy atom. The third-order valence-electron chi connectivity index (χ3n) is 5.67. The Hall–Kier alpha value is -3.18. The summed E-state index contributed by atoms with van der Waals surface area (Å²) in [6, 6.07) is 16.9. The van der Waals surface area contributed by atoms with Crippen LogP contribution in [0.4, 0.5) is 0 Å². The van der Waals surface area contributed by atoms with E-state index in [4.69, 9.17) is 5.21 Å². The van der Waals surface area contributed by atoms with Crippen molar-refractivity contribution in [1.29, 1.82) is 0 Å². The Morgan fingerprint density at radius 2 is 1.41 bits per heavy atom. The number of fused-ring (bicyclic) bond motifs is 2. The number of amides is 2. The molecular weight excluding hydrogens is 364 g/mol. The van der Waals surface area contributed by atoms with Gasteiger partial charge < -0.3 is 4.90 Å². The Balaban J connectivity index is 1.61. The lowest BCUT2D eigenvalue weighted by Gasteiger charge is -2.30. The second-order valence-corrected chi connectivity index (χ2v) is 7.40. The van der Waals surface area contributed by atoms with E-state index in [1.165, 1.54) is 33.4 Å². The summed E-state index contributed by atoms with van der Waals surface area (Å²) in [5, 5.41) is 8.58. The molecule has 1 aliphatic carbocycles. The minimum Gasteiger partial charge on any atom is -0.342 e. The van der Waals surface area contributed by atoms with E-state index in [9.17, 15) is 9.59 Å². The molecule has 148 valence electrons. The Kier molecular flexibility index (Phi) is 5.58. The summed E-state index contributed by atoms with van der Waals surface area (Å²) < 4.78 is 0. The molecule has 1 saturated heterocycles. The fraction of sp³-hybridized carbons (Fsp3) is 0.250. The third kappa shape index (κ3) is 4.00. The molecule has 4 rings (SSSR count). The quantitative estimate of drug-likeness (QED) is 0.528. The molecule has 5 nitrogen and oxygen atoms in total. The zero-order valence-corrected chi connectivity index (χ0v) is 16.2. The number of nitrogens with one attached hydrogen (secondary N) is 1. The van der Waals surface area contributed by atoms with Gasteiger partial charge in [-0.3, -0.25) is 14.8 Å². The van der Waals surface area contributed by atoms with Crippen LogP contribution in [0.15, 0.2) is 54.1 Å². The number of hydrogen-bond acceptors (Lipinski definition) is 3. The van der Waals surface area contributed by atoms with Crippen LogP contribution in [-0.2, 0) is 9.59 Å². The first-order valence-electron chi connectivity index (χ1n) is 9.97. The average molecular weight is 388 g/mol. The minimum absolute atomic E-state index is 0.00615. The minimum atomic E-state index is -0.530. The molecule has 0 atom stereocenters. The summed E-state index contributed by atoms with van der Waals surface area (Å²) in [5.41, 5.74) is 9.12. The molecule has 0 unspecified atom stereocenters. The molecule has 2 aromatic rings. The van der Waals surface area contributed by atoms with Gasteiger partial charge in [0.1, 0.15) is 0 Å². The monoisotopic (exact) mass is 388 g/mol. The van der Waals surface area contributed by atoms with E-state index in [1.54, 1.807) is 5.48 Å². The van der Waals surface area contributed by atoms with Gasteiger partial charge in [-0.05, 0) is 40.7 Å². The highest BCUT2D eigenvalue weighted by Gasteiger charge is 2.24. The molecular formula is C24H24N2O3. The number of likely N-dealkylation sites (tertiary alicyclic amines) is 1. The molecule has 5 heteroatoms. The first-order valence-corrected chi connectivity index (χ1v) is 9.97. The van der Waals surface area contributed by atoms with Crippen LogP contribution in [0.5, 0.6) is 0 Å². The van der Waals surface area contributed by atoms with Crippen molar-refractivity contribution in [2.75, 3.05) is 13.1 Å². The largest absolute Gasteiger partial charge is 0.342 e. The van der Waals surface area contributed by atoms with E-state index in [0.29, 0.717) is 13.1 Å². The number of hydroxylamine groups is 1. The molecule has 2 amide bonds.